The molecule has 0 spiro atoms. The van der Waals surface area contributed by atoms with Gasteiger partial charge in [-0.05, 0) is 24.6 Å². The van der Waals surface area contributed by atoms with Crippen molar-refractivity contribution in [2.24, 2.45) is 5.92 Å². The van der Waals surface area contributed by atoms with Crippen LogP contribution in [0.2, 0.25) is 0 Å². The van der Waals surface area contributed by atoms with Gasteiger partial charge in [-0.25, -0.2) is 0 Å². The van der Waals surface area contributed by atoms with Crippen LogP contribution in [0.3, 0.4) is 0 Å². The molecule has 1 saturated heterocycles. The van der Waals surface area contributed by atoms with E-state index in [2.05, 4.69) is 0 Å². The van der Waals surface area contributed by atoms with E-state index >= 15 is 0 Å². The molecule has 1 aliphatic rings. The summed E-state index contributed by atoms with van der Waals surface area (Å²) >= 11 is 0. The van der Waals surface area contributed by atoms with E-state index in [9.17, 15) is 9.59 Å². The minimum absolute atomic E-state index is 0.0319. The van der Waals surface area contributed by atoms with Gasteiger partial charge in [0.05, 0.1) is 5.92 Å². The molecule has 0 aliphatic carbocycles. The van der Waals surface area contributed by atoms with E-state index < -0.39 is 5.92 Å². The Bertz CT molecular complexity index is 694. The topological polar surface area (TPSA) is 46.6 Å². The fraction of sp³-hybridized carbons (Fsp3) is 0.263. The lowest BCUT2D eigenvalue weighted by atomic mass is 10.1. The fourth-order valence-corrected chi connectivity index (χ4v) is 2.69. The number of benzene rings is 2. The van der Waals surface area contributed by atoms with Crippen molar-refractivity contribution < 1.29 is 14.3 Å². The number of carbonyl (C=O) groups excluding carboxylic acids is 2. The predicted molar refractivity (Wildman–Crippen MR) is 87.9 cm³/mol. The Morgan fingerprint density at radius 1 is 1.13 bits per heavy atom. The summed E-state index contributed by atoms with van der Waals surface area (Å²) in [5.74, 6) is -0.736. The zero-order chi connectivity index (χ0) is 16.2. The number of hydrogen-bond donors (Lipinski definition) is 0. The number of aryl methyl sites for hydroxylation is 1. The molecule has 118 valence electrons. The molecule has 2 aromatic carbocycles. The molecule has 0 unspecified atom stereocenters. The predicted octanol–water partition coefficient (Wildman–Crippen LogP) is 3.09. The lowest BCUT2D eigenvalue weighted by Gasteiger charge is -2.16. The van der Waals surface area contributed by atoms with Crippen LogP contribution >= 0.6 is 0 Å². The molecule has 4 nitrogen and oxygen atoms in total. The van der Waals surface area contributed by atoms with Crippen molar-refractivity contribution in [3.8, 4) is 0 Å². The molecule has 0 bridgehead atoms. The molecule has 2 aromatic rings. The van der Waals surface area contributed by atoms with Crippen LogP contribution in [0.25, 0.3) is 0 Å². The Hall–Kier alpha value is -2.62. The van der Waals surface area contributed by atoms with Gasteiger partial charge in [0.15, 0.2) is 0 Å². The van der Waals surface area contributed by atoms with Gasteiger partial charge in [-0.3, -0.25) is 9.59 Å². The number of anilines is 1. The highest BCUT2D eigenvalue weighted by Crippen LogP contribution is 2.26. The SMILES string of the molecule is Cc1ccc(N2C[C@H](C(=O)OCc3ccccc3)CC2=O)cc1. The van der Waals surface area contributed by atoms with Crippen molar-refractivity contribution >= 4 is 17.6 Å². The second-order valence-corrected chi connectivity index (χ2v) is 5.83. The molecule has 4 heteroatoms. The first kappa shape index (κ1) is 15.3. The molecule has 3 rings (SSSR count). The first-order chi connectivity index (χ1) is 11.1. The lowest BCUT2D eigenvalue weighted by molar-refractivity contribution is -0.149. The molecule has 1 fully saturated rings. The normalized spacial score (nSPS) is 17.3. The number of carbonyl (C=O) groups is 2. The molecule has 0 N–H and O–H groups in total. The van der Waals surface area contributed by atoms with Crippen molar-refractivity contribution in [1.82, 2.24) is 0 Å². The fourth-order valence-electron chi connectivity index (χ4n) is 2.69. The highest BCUT2D eigenvalue weighted by molar-refractivity contribution is 5.99. The van der Waals surface area contributed by atoms with Crippen molar-refractivity contribution in [2.75, 3.05) is 11.4 Å². The van der Waals surface area contributed by atoms with E-state index in [1.807, 2.05) is 61.5 Å². The third-order valence-electron chi connectivity index (χ3n) is 4.03. The summed E-state index contributed by atoms with van der Waals surface area (Å²) in [7, 11) is 0. The number of nitrogens with zero attached hydrogens (tertiary/aromatic N) is 1. The van der Waals surface area contributed by atoms with Crippen molar-refractivity contribution in [3.63, 3.8) is 0 Å². The van der Waals surface area contributed by atoms with Crippen molar-refractivity contribution in [3.05, 3.63) is 65.7 Å². The van der Waals surface area contributed by atoms with Crippen molar-refractivity contribution in [1.29, 1.82) is 0 Å². The Morgan fingerprint density at radius 3 is 2.52 bits per heavy atom. The Labute approximate surface area is 135 Å². The molecule has 0 aromatic heterocycles. The molecule has 1 aliphatic heterocycles. The molecule has 1 amide bonds. The second-order valence-electron chi connectivity index (χ2n) is 5.83. The highest BCUT2D eigenvalue weighted by atomic mass is 16.5. The maximum Gasteiger partial charge on any atom is 0.311 e. The van der Waals surface area contributed by atoms with Crippen molar-refractivity contribution in [2.45, 2.75) is 20.0 Å². The van der Waals surface area contributed by atoms with Crippen LogP contribution in [0.1, 0.15) is 17.5 Å². The molecule has 1 heterocycles. The van der Waals surface area contributed by atoms with Gasteiger partial charge in [-0.15, -0.1) is 0 Å². The monoisotopic (exact) mass is 309 g/mol. The maximum atomic E-state index is 12.2. The van der Waals surface area contributed by atoms with Gasteiger partial charge in [0.25, 0.3) is 0 Å². The summed E-state index contributed by atoms with van der Waals surface area (Å²) in [5, 5.41) is 0. The van der Waals surface area contributed by atoms with E-state index in [4.69, 9.17) is 4.74 Å². The standard InChI is InChI=1S/C19H19NO3/c1-14-7-9-17(10-8-14)20-12-16(11-18(20)21)19(22)23-13-15-5-3-2-4-6-15/h2-10,16H,11-13H2,1H3/t16-/m1/s1. The maximum absolute atomic E-state index is 12.2. The summed E-state index contributed by atoms with van der Waals surface area (Å²) in [4.78, 5) is 26.0. The minimum Gasteiger partial charge on any atom is -0.461 e. The van der Waals surface area contributed by atoms with Gasteiger partial charge in [0.1, 0.15) is 6.61 Å². The smallest absolute Gasteiger partial charge is 0.311 e. The first-order valence-electron chi connectivity index (χ1n) is 7.71. The number of esters is 1. The zero-order valence-corrected chi connectivity index (χ0v) is 13.1. The molecule has 0 saturated carbocycles. The summed E-state index contributed by atoms with van der Waals surface area (Å²) in [6.45, 7) is 2.63. The summed E-state index contributed by atoms with van der Waals surface area (Å²) < 4.78 is 5.35. The Kier molecular flexibility index (Phi) is 4.42. The highest BCUT2D eigenvalue weighted by Gasteiger charge is 2.36. The van der Waals surface area contributed by atoms with E-state index in [0.717, 1.165) is 16.8 Å². The van der Waals surface area contributed by atoms with Gasteiger partial charge in [-0.2, -0.15) is 0 Å². The van der Waals surface area contributed by atoms with Gasteiger partial charge in [0, 0.05) is 18.7 Å². The third-order valence-corrected chi connectivity index (χ3v) is 4.03. The average molecular weight is 309 g/mol. The van der Waals surface area contributed by atoms with Crippen LogP contribution in [-0.4, -0.2) is 18.4 Å². The number of hydrogen-bond acceptors (Lipinski definition) is 3. The van der Waals surface area contributed by atoms with E-state index in [0.29, 0.717) is 6.54 Å². The molecular formula is C19H19NO3. The molecule has 0 radical (unpaired) electrons. The molecule has 23 heavy (non-hydrogen) atoms. The van der Waals surface area contributed by atoms with Crippen LogP contribution in [-0.2, 0) is 20.9 Å². The van der Waals surface area contributed by atoms with Crippen LogP contribution < -0.4 is 4.90 Å². The minimum atomic E-state index is -0.396. The van der Waals surface area contributed by atoms with Crippen LogP contribution in [0, 0.1) is 12.8 Å². The van der Waals surface area contributed by atoms with E-state index in [-0.39, 0.29) is 24.9 Å². The Morgan fingerprint density at radius 2 is 1.83 bits per heavy atom. The quantitative estimate of drug-likeness (QED) is 0.815. The van der Waals surface area contributed by atoms with Gasteiger partial charge >= 0.3 is 5.97 Å². The van der Waals surface area contributed by atoms with Gasteiger partial charge < -0.3 is 9.64 Å². The number of amides is 1. The number of rotatable bonds is 4. The van der Waals surface area contributed by atoms with E-state index in [1.54, 1.807) is 4.90 Å². The summed E-state index contributed by atoms with van der Waals surface area (Å²) in [6, 6.07) is 17.3. The lowest BCUT2D eigenvalue weighted by Crippen LogP contribution is -2.26. The van der Waals surface area contributed by atoms with Gasteiger partial charge in [-0.1, -0.05) is 48.0 Å². The molecule has 1 atom stereocenters. The zero-order valence-electron chi connectivity index (χ0n) is 13.1. The second kappa shape index (κ2) is 6.65. The van der Waals surface area contributed by atoms with Crippen LogP contribution in [0.5, 0.6) is 0 Å². The first-order valence-corrected chi connectivity index (χ1v) is 7.71. The average Bonchev–Trinajstić information content (AvgIpc) is 2.96. The summed E-state index contributed by atoms with van der Waals surface area (Å²) in [5.41, 5.74) is 2.92. The van der Waals surface area contributed by atoms with Crippen LogP contribution in [0.4, 0.5) is 5.69 Å². The van der Waals surface area contributed by atoms with Crippen LogP contribution in [0.15, 0.2) is 54.6 Å². The Balaban J connectivity index is 1.60. The molecular weight excluding hydrogens is 290 g/mol. The number of ether oxygens (including phenoxy) is 1. The summed E-state index contributed by atoms with van der Waals surface area (Å²) in [6.07, 6.45) is 0.210. The van der Waals surface area contributed by atoms with Gasteiger partial charge in [0.2, 0.25) is 5.91 Å². The third kappa shape index (κ3) is 3.59. The van der Waals surface area contributed by atoms with E-state index in [1.165, 1.54) is 0 Å². The largest absolute Gasteiger partial charge is 0.461 e.